The quantitative estimate of drug-likeness (QED) is 0.305. The van der Waals surface area contributed by atoms with E-state index in [1.54, 1.807) is 7.11 Å². The zero-order valence-corrected chi connectivity index (χ0v) is 22.1. The molecular formula is C32H33NO5. The molecule has 0 aromatic heterocycles. The first kappa shape index (κ1) is 25.7. The minimum absolute atomic E-state index is 0.0420. The molecule has 0 saturated heterocycles. The van der Waals surface area contributed by atoms with Crippen molar-refractivity contribution in [2.24, 2.45) is 0 Å². The third-order valence-corrected chi connectivity index (χ3v) is 7.43. The van der Waals surface area contributed by atoms with E-state index in [-0.39, 0.29) is 18.3 Å². The molecule has 2 atom stereocenters. The van der Waals surface area contributed by atoms with Crippen molar-refractivity contribution in [3.63, 3.8) is 0 Å². The Hall–Kier alpha value is -3.90. The van der Waals surface area contributed by atoms with Crippen LogP contribution in [0.5, 0.6) is 5.75 Å². The smallest absolute Gasteiger partial charge is 0.336 e. The van der Waals surface area contributed by atoms with Crippen LogP contribution in [0.2, 0.25) is 0 Å². The van der Waals surface area contributed by atoms with Gasteiger partial charge in [0.25, 0.3) is 0 Å². The highest BCUT2D eigenvalue weighted by Gasteiger charge is 2.42. The third-order valence-electron chi connectivity index (χ3n) is 7.43. The molecule has 0 unspecified atom stereocenters. The molecule has 38 heavy (non-hydrogen) atoms. The van der Waals surface area contributed by atoms with Crippen LogP contribution in [-0.4, -0.2) is 38.7 Å². The number of carbonyl (C=O) groups excluding carboxylic acids is 2. The first-order chi connectivity index (χ1) is 18.5. The number of methoxy groups -OCH3 is 1. The largest absolute Gasteiger partial charge is 0.497 e. The number of rotatable bonds is 8. The van der Waals surface area contributed by atoms with Crippen molar-refractivity contribution in [3.8, 4) is 5.75 Å². The van der Waals surface area contributed by atoms with Gasteiger partial charge in [0, 0.05) is 35.9 Å². The standard InChI is InChI=1S/C32H33NO5/c1-4-37-16-17-38-32(35)29-20(2)33-27-18-23(21-12-14-24(36-3)15-13-21)19-28(34)31(27)30(29)26-11-7-9-22-8-5-6-10-25(22)26/h5-15,23,30,33H,4,16-19H2,1-3H3/t23-,30+/m0/s1. The van der Waals surface area contributed by atoms with Gasteiger partial charge in [0.05, 0.1) is 19.3 Å². The monoisotopic (exact) mass is 511 g/mol. The molecule has 1 aliphatic heterocycles. The number of nitrogens with one attached hydrogen (secondary N) is 1. The van der Waals surface area contributed by atoms with Crippen LogP contribution in [0.1, 0.15) is 49.7 Å². The van der Waals surface area contributed by atoms with Gasteiger partial charge in [0.1, 0.15) is 12.4 Å². The van der Waals surface area contributed by atoms with Crippen LogP contribution in [0, 0.1) is 0 Å². The Balaban J connectivity index is 1.57. The minimum Gasteiger partial charge on any atom is -0.497 e. The Bertz CT molecular complexity index is 1410. The molecule has 196 valence electrons. The number of dihydropyridines is 1. The number of carbonyl (C=O) groups is 2. The molecule has 0 radical (unpaired) electrons. The Labute approximate surface area is 223 Å². The maximum Gasteiger partial charge on any atom is 0.336 e. The van der Waals surface area contributed by atoms with Crippen LogP contribution in [0.25, 0.3) is 10.8 Å². The fraction of sp³-hybridized carbons (Fsp3) is 0.312. The molecule has 6 nitrogen and oxygen atoms in total. The number of Topliss-reactive ketones (excluding diaryl/α,β-unsaturated/α-hetero) is 1. The summed E-state index contributed by atoms with van der Waals surface area (Å²) in [4.78, 5) is 27.4. The average Bonchev–Trinajstić information content (AvgIpc) is 2.94. The summed E-state index contributed by atoms with van der Waals surface area (Å²) < 4.78 is 16.3. The highest BCUT2D eigenvalue weighted by Crippen LogP contribution is 2.47. The summed E-state index contributed by atoms with van der Waals surface area (Å²) >= 11 is 0. The third kappa shape index (κ3) is 4.96. The van der Waals surface area contributed by atoms with E-state index >= 15 is 0 Å². The molecule has 5 rings (SSSR count). The van der Waals surface area contributed by atoms with Crippen LogP contribution in [-0.2, 0) is 19.1 Å². The van der Waals surface area contributed by atoms with E-state index in [4.69, 9.17) is 14.2 Å². The number of ketones is 1. The van der Waals surface area contributed by atoms with E-state index in [1.807, 2.05) is 80.6 Å². The Morgan fingerprint density at radius 2 is 1.74 bits per heavy atom. The molecule has 6 heteroatoms. The number of hydrogen-bond donors (Lipinski definition) is 1. The lowest BCUT2D eigenvalue weighted by atomic mass is 9.71. The van der Waals surface area contributed by atoms with Gasteiger partial charge in [-0.25, -0.2) is 4.79 Å². The van der Waals surface area contributed by atoms with Gasteiger partial charge < -0.3 is 19.5 Å². The van der Waals surface area contributed by atoms with E-state index in [1.165, 1.54) is 0 Å². The van der Waals surface area contributed by atoms with E-state index in [0.717, 1.165) is 33.3 Å². The predicted octanol–water partition coefficient (Wildman–Crippen LogP) is 5.79. The van der Waals surface area contributed by atoms with Gasteiger partial charge in [-0.2, -0.15) is 0 Å². The first-order valence-electron chi connectivity index (χ1n) is 13.1. The minimum atomic E-state index is -0.513. The van der Waals surface area contributed by atoms with E-state index in [0.29, 0.717) is 42.9 Å². The van der Waals surface area contributed by atoms with Crippen molar-refractivity contribution in [3.05, 3.63) is 100 Å². The SMILES string of the molecule is CCOCCOC(=O)C1=C(C)NC2=C(C(=O)C[C@@H](c3ccc(OC)cc3)C2)[C@@H]1c1cccc2ccccc12. The van der Waals surface area contributed by atoms with Crippen LogP contribution in [0.15, 0.2) is 89.3 Å². The summed E-state index contributed by atoms with van der Waals surface area (Å²) in [6.07, 6.45) is 1.05. The lowest BCUT2D eigenvalue weighted by Crippen LogP contribution is -2.36. The summed E-state index contributed by atoms with van der Waals surface area (Å²) in [6.45, 7) is 4.84. The highest BCUT2D eigenvalue weighted by molar-refractivity contribution is 6.05. The number of ether oxygens (including phenoxy) is 3. The molecule has 1 aliphatic carbocycles. The molecular weight excluding hydrogens is 478 g/mol. The number of allylic oxidation sites excluding steroid dienone is 3. The molecule has 1 N–H and O–H groups in total. The second kappa shape index (κ2) is 11.2. The van der Waals surface area contributed by atoms with Gasteiger partial charge in [-0.05, 0) is 60.2 Å². The fourth-order valence-electron chi connectivity index (χ4n) is 5.65. The molecule has 2 aliphatic rings. The molecule has 1 heterocycles. The van der Waals surface area contributed by atoms with E-state index in [9.17, 15) is 9.59 Å². The first-order valence-corrected chi connectivity index (χ1v) is 13.1. The van der Waals surface area contributed by atoms with Crippen molar-refractivity contribution in [1.82, 2.24) is 5.32 Å². The number of hydrogen-bond acceptors (Lipinski definition) is 6. The molecule has 0 fully saturated rings. The van der Waals surface area contributed by atoms with Gasteiger partial charge in [0.15, 0.2) is 5.78 Å². The zero-order valence-electron chi connectivity index (χ0n) is 22.1. The Kier molecular flexibility index (Phi) is 7.61. The van der Waals surface area contributed by atoms with Crippen LogP contribution in [0.3, 0.4) is 0 Å². The molecule has 0 bridgehead atoms. The van der Waals surface area contributed by atoms with Crippen LogP contribution in [0.4, 0.5) is 0 Å². The summed E-state index contributed by atoms with van der Waals surface area (Å²) in [6, 6.07) is 22.0. The average molecular weight is 512 g/mol. The second-order valence-electron chi connectivity index (χ2n) is 9.69. The normalized spacial score (nSPS) is 19.3. The second-order valence-corrected chi connectivity index (χ2v) is 9.69. The van der Waals surface area contributed by atoms with E-state index in [2.05, 4.69) is 5.32 Å². The molecule has 0 saturated carbocycles. The molecule has 0 spiro atoms. The summed E-state index contributed by atoms with van der Waals surface area (Å²) in [5.74, 6) is -0.0654. The van der Waals surface area contributed by atoms with E-state index < -0.39 is 11.9 Å². The number of esters is 1. The molecule has 0 amide bonds. The van der Waals surface area contributed by atoms with Crippen molar-refractivity contribution in [2.45, 2.75) is 38.5 Å². The molecule has 3 aromatic carbocycles. The summed E-state index contributed by atoms with van der Waals surface area (Å²) in [5.41, 5.74) is 4.76. The highest BCUT2D eigenvalue weighted by atomic mass is 16.6. The predicted molar refractivity (Wildman–Crippen MR) is 147 cm³/mol. The summed E-state index contributed by atoms with van der Waals surface area (Å²) in [5, 5.41) is 5.51. The zero-order chi connectivity index (χ0) is 26.6. The maximum absolute atomic E-state index is 13.9. The van der Waals surface area contributed by atoms with Crippen molar-refractivity contribution in [1.29, 1.82) is 0 Å². The number of benzene rings is 3. The van der Waals surface area contributed by atoms with Crippen LogP contribution >= 0.6 is 0 Å². The van der Waals surface area contributed by atoms with Gasteiger partial charge >= 0.3 is 5.97 Å². The lowest BCUT2D eigenvalue weighted by molar-refractivity contribution is -0.140. The van der Waals surface area contributed by atoms with Gasteiger partial charge in [-0.15, -0.1) is 0 Å². The Morgan fingerprint density at radius 1 is 0.974 bits per heavy atom. The van der Waals surface area contributed by atoms with Crippen molar-refractivity contribution in [2.75, 3.05) is 26.9 Å². The topological polar surface area (TPSA) is 73.9 Å². The van der Waals surface area contributed by atoms with Gasteiger partial charge in [-0.3, -0.25) is 4.79 Å². The van der Waals surface area contributed by atoms with Gasteiger partial charge in [0.2, 0.25) is 0 Å². The lowest BCUT2D eigenvalue weighted by Gasteiger charge is -2.37. The Morgan fingerprint density at radius 3 is 2.50 bits per heavy atom. The van der Waals surface area contributed by atoms with Gasteiger partial charge in [-0.1, -0.05) is 54.6 Å². The number of fused-ring (bicyclic) bond motifs is 1. The summed E-state index contributed by atoms with van der Waals surface area (Å²) in [7, 11) is 1.64. The molecule has 3 aromatic rings. The van der Waals surface area contributed by atoms with Crippen molar-refractivity contribution < 1.29 is 23.8 Å². The maximum atomic E-state index is 13.9. The van der Waals surface area contributed by atoms with Crippen molar-refractivity contribution >= 4 is 22.5 Å². The fourth-order valence-corrected chi connectivity index (χ4v) is 5.65. The van der Waals surface area contributed by atoms with Crippen LogP contribution < -0.4 is 10.1 Å².